The van der Waals surface area contributed by atoms with Gasteiger partial charge < -0.3 is 5.11 Å². The van der Waals surface area contributed by atoms with Crippen molar-refractivity contribution in [3.8, 4) is 0 Å². The molecule has 1 aromatic carbocycles. The van der Waals surface area contributed by atoms with Crippen LogP contribution in [-0.2, 0) is 10.0 Å². The van der Waals surface area contributed by atoms with Gasteiger partial charge in [-0.3, -0.25) is 0 Å². The molecule has 0 amide bonds. The quantitative estimate of drug-likeness (QED) is 0.897. The molecule has 1 N–H and O–H groups in total. The standard InChI is InChI=1S/C11H14F3NO3S/c1-9-2-4-10(5-3-9)19(17,18)15(6-7-16)8-11(12,13)14/h2-5,16H,6-8H2,1H3. The molecular weight excluding hydrogens is 283 g/mol. The zero-order valence-corrected chi connectivity index (χ0v) is 11.0. The molecule has 0 saturated carbocycles. The molecule has 1 rings (SSSR count). The lowest BCUT2D eigenvalue weighted by Gasteiger charge is -2.22. The fourth-order valence-electron chi connectivity index (χ4n) is 1.46. The SMILES string of the molecule is Cc1ccc(S(=O)(=O)N(CCO)CC(F)(F)F)cc1. The summed E-state index contributed by atoms with van der Waals surface area (Å²) in [5.41, 5.74) is 0.795. The van der Waals surface area contributed by atoms with Gasteiger partial charge in [-0.1, -0.05) is 17.7 Å². The van der Waals surface area contributed by atoms with Crippen LogP contribution in [0, 0.1) is 6.92 Å². The number of aliphatic hydroxyl groups is 1. The summed E-state index contributed by atoms with van der Waals surface area (Å²) in [5, 5.41) is 8.71. The van der Waals surface area contributed by atoms with Gasteiger partial charge in [0, 0.05) is 6.54 Å². The van der Waals surface area contributed by atoms with Crippen molar-refractivity contribution in [2.45, 2.75) is 18.0 Å². The Balaban J connectivity index is 3.09. The maximum absolute atomic E-state index is 12.4. The van der Waals surface area contributed by atoms with E-state index in [1.807, 2.05) is 0 Å². The fraction of sp³-hybridized carbons (Fsp3) is 0.455. The predicted molar refractivity (Wildman–Crippen MR) is 63.1 cm³/mol. The molecule has 0 fully saturated rings. The van der Waals surface area contributed by atoms with Crippen LogP contribution in [0.3, 0.4) is 0 Å². The van der Waals surface area contributed by atoms with Crippen LogP contribution in [0.5, 0.6) is 0 Å². The number of aliphatic hydroxyl groups excluding tert-OH is 1. The van der Waals surface area contributed by atoms with Crippen LogP contribution in [0.25, 0.3) is 0 Å². The van der Waals surface area contributed by atoms with Gasteiger partial charge in [-0.05, 0) is 19.1 Å². The van der Waals surface area contributed by atoms with Crippen LogP contribution in [-0.4, -0.2) is 43.7 Å². The van der Waals surface area contributed by atoms with Gasteiger partial charge in [0.2, 0.25) is 10.0 Å². The highest BCUT2D eigenvalue weighted by atomic mass is 32.2. The number of sulfonamides is 1. The first-order chi connectivity index (χ1) is 8.66. The number of hydrogen-bond acceptors (Lipinski definition) is 3. The van der Waals surface area contributed by atoms with Gasteiger partial charge in [0.25, 0.3) is 0 Å². The van der Waals surface area contributed by atoms with E-state index in [9.17, 15) is 21.6 Å². The van der Waals surface area contributed by atoms with E-state index in [1.54, 1.807) is 6.92 Å². The normalized spacial score (nSPS) is 12.9. The van der Waals surface area contributed by atoms with E-state index in [2.05, 4.69) is 0 Å². The lowest BCUT2D eigenvalue weighted by atomic mass is 10.2. The van der Waals surface area contributed by atoms with Gasteiger partial charge in [-0.15, -0.1) is 0 Å². The monoisotopic (exact) mass is 297 g/mol. The third kappa shape index (κ3) is 4.48. The van der Waals surface area contributed by atoms with E-state index in [4.69, 9.17) is 5.11 Å². The van der Waals surface area contributed by atoms with Gasteiger partial charge in [-0.25, -0.2) is 8.42 Å². The number of alkyl halides is 3. The van der Waals surface area contributed by atoms with E-state index in [0.717, 1.165) is 5.56 Å². The second-order valence-corrected chi connectivity index (χ2v) is 5.93. The van der Waals surface area contributed by atoms with Crippen molar-refractivity contribution < 1.29 is 26.7 Å². The molecule has 0 atom stereocenters. The second kappa shape index (κ2) is 5.89. The lowest BCUT2D eigenvalue weighted by Crippen LogP contribution is -2.40. The van der Waals surface area contributed by atoms with Crippen molar-refractivity contribution in [3.05, 3.63) is 29.8 Å². The average molecular weight is 297 g/mol. The summed E-state index contributed by atoms with van der Waals surface area (Å²) in [7, 11) is -4.26. The van der Waals surface area contributed by atoms with Crippen LogP contribution in [0.15, 0.2) is 29.2 Å². The van der Waals surface area contributed by atoms with Crippen LogP contribution in [0.4, 0.5) is 13.2 Å². The molecule has 8 heteroatoms. The molecule has 0 aromatic heterocycles. The molecule has 0 unspecified atom stereocenters. The summed E-state index contributed by atoms with van der Waals surface area (Å²) in [5.74, 6) is 0. The molecule has 108 valence electrons. The third-order valence-corrected chi connectivity index (χ3v) is 4.22. The first-order valence-corrected chi connectivity index (χ1v) is 6.85. The van der Waals surface area contributed by atoms with Gasteiger partial charge >= 0.3 is 6.18 Å². The Morgan fingerprint density at radius 2 is 1.74 bits per heavy atom. The molecule has 0 aliphatic carbocycles. The number of rotatable bonds is 5. The van der Waals surface area contributed by atoms with Crippen LogP contribution >= 0.6 is 0 Å². The summed E-state index contributed by atoms with van der Waals surface area (Å²) >= 11 is 0. The van der Waals surface area contributed by atoms with Crippen LogP contribution in [0.2, 0.25) is 0 Å². The minimum Gasteiger partial charge on any atom is -0.395 e. The minimum atomic E-state index is -4.66. The van der Waals surface area contributed by atoms with Crippen LogP contribution < -0.4 is 0 Å². The van der Waals surface area contributed by atoms with Crippen molar-refractivity contribution in [3.63, 3.8) is 0 Å². The Bertz CT molecular complexity index is 511. The molecule has 0 radical (unpaired) electrons. The Kier molecular flexibility index (Phi) is 4.94. The maximum atomic E-state index is 12.4. The number of aryl methyl sites for hydroxylation is 1. The van der Waals surface area contributed by atoms with E-state index in [1.165, 1.54) is 24.3 Å². The number of benzene rings is 1. The highest BCUT2D eigenvalue weighted by molar-refractivity contribution is 7.89. The topological polar surface area (TPSA) is 57.6 Å². The van der Waals surface area contributed by atoms with Gasteiger partial charge in [-0.2, -0.15) is 17.5 Å². The Morgan fingerprint density at radius 1 is 1.21 bits per heavy atom. The van der Waals surface area contributed by atoms with Gasteiger partial charge in [0.15, 0.2) is 0 Å². The molecule has 4 nitrogen and oxygen atoms in total. The molecule has 0 aliphatic rings. The molecule has 19 heavy (non-hydrogen) atoms. The van der Waals surface area contributed by atoms with E-state index in [-0.39, 0.29) is 9.20 Å². The summed E-state index contributed by atoms with van der Waals surface area (Å²) in [6.45, 7) is -1.17. The van der Waals surface area contributed by atoms with E-state index < -0.39 is 35.9 Å². The predicted octanol–water partition coefficient (Wildman–Crippen LogP) is 1.54. The van der Waals surface area contributed by atoms with Gasteiger partial charge in [0.05, 0.1) is 11.5 Å². The van der Waals surface area contributed by atoms with E-state index in [0.29, 0.717) is 0 Å². The molecule has 0 spiro atoms. The Hall–Kier alpha value is -1.12. The Morgan fingerprint density at radius 3 is 2.16 bits per heavy atom. The van der Waals surface area contributed by atoms with Gasteiger partial charge in [0.1, 0.15) is 6.54 Å². The van der Waals surface area contributed by atoms with Crippen molar-refractivity contribution in [2.75, 3.05) is 19.7 Å². The number of hydrogen-bond donors (Lipinski definition) is 1. The van der Waals surface area contributed by atoms with Crippen molar-refractivity contribution >= 4 is 10.0 Å². The smallest absolute Gasteiger partial charge is 0.395 e. The first kappa shape index (κ1) is 15.9. The van der Waals surface area contributed by atoms with E-state index >= 15 is 0 Å². The molecule has 0 heterocycles. The van der Waals surface area contributed by atoms with Crippen molar-refractivity contribution in [1.82, 2.24) is 4.31 Å². The molecule has 1 aromatic rings. The maximum Gasteiger partial charge on any atom is 0.402 e. The summed E-state index contributed by atoms with van der Waals surface area (Å²) in [4.78, 5) is -0.226. The molecule has 0 aliphatic heterocycles. The highest BCUT2D eigenvalue weighted by Crippen LogP contribution is 2.22. The highest BCUT2D eigenvalue weighted by Gasteiger charge is 2.36. The summed E-state index contributed by atoms with van der Waals surface area (Å²) in [6.07, 6.45) is -4.66. The molecule has 0 saturated heterocycles. The van der Waals surface area contributed by atoms with Crippen LogP contribution in [0.1, 0.15) is 5.56 Å². The zero-order chi connectivity index (χ0) is 14.7. The zero-order valence-electron chi connectivity index (χ0n) is 10.2. The fourth-order valence-corrected chi connectivity index (χ4v) is 2.87. The number of halogens is 3. The lowest BCUT2D eigenvalue weighted by molar-refractivity contribution is -0.136. The average Bonchev–Trinajstić information content (AvgIpc) is 2.27. The largest absolute Gasteiger partial charge is 0.402 e. The molecule has 0 bridgehead atoms. The second-order valence-electron chi connectivity index (χ2n) is 3.99. The first-order valence-electron chi connectivity index (χ1n) is 5.41. The van der Waals surface area contributed by atoms with Crippen molar-refractivity contribution in [1.29, 1.82) is 0 Å². The number of nitrogens with zero attached hydrogens (tertiary/aromatic N) is 1. The third-order valence-electron chi connectivity index (χ3n) is 2.36. The summed E-state index contributed by atoms with van der Waals surface area (Å²) < 4.78 is 61.3. The molecular formula is C11H14F3NO3S. The summed E-state index contributed by atoms with van der Waals surface area (Å²) in [6, 6.07) is 5.48. The Labute approximate surface area is 109 Å². The minimum absolute atomic E-state index is 0.220. The van der Waals surface area contributed by atoms with Crippen molar-refractivity contribution in [2.24, 2.45) is 0 Å².